The van der Waals surface area contributed by atoms with Gasteiger partial charge in [0.25, 0.3) is 0 Å². The molecule has 1 aliphatic heterocycles. The van der Waals surface area contributed by atoms with Crippen LogP contribution >= 0.6 is 0 Å². The zero-order valence-corrected chi connectivity index (χ0v) is 15.1. The number of fused-ring (bicyclic) bond motifs is 1. The van der Waals surface area contributed by atoms with Crippen molar-refractivity contribution >= 4 is 16.9 Å². The van der Waals surface area contributed by atoms with Gasteiger partial charge in [-0.25, -0.2) is 9.48 Å². The van der Waals surface area contributed by atoms with E-state index >= 15 is 0 Å². The number of nitrogens with zero attached hydrogens (tertiary/aromatic N) is 5. The molecule has 27 heavy (non-hydrogen) atoms. The Morgan fingerprint density at radius 3 is 2.78 bits per heavy atom. The van der Waals surface area contributed by atoms with E-state index in [1.807, 2.05) is 28.8 Å². The van der Waals surface area contributed by atoms with Gasteiger partial charge in [-0.15, -0.1) is 5.10 Å². The van der Waals surface area contributed by atoms with Crippen molar-refractivity contribution in [1.82, 2.24) is 29.4 Å². The molecule has 1 aromatic carbocycles. The molecule has 0 saturated carbocycles. The number of aromatic amines is 1. The van der Waals surface area contributed by atoms with Gasteiger partial charge in [-0.05, 0) is 31.9 Å². The van der Waals surface area contributed by atoms with E-state index < -0.39 is 6.10 Å². The molecule has 0 aliphatic carbocycles. The molecule has 9 nitrogen and oxygen atoms in total. The highest BCUT2D eigenvalue weighted by atomic mass is 16.3. The van der Waals surface area contributed by atoms with Gasteiger partial charge in [-0.3, -0.25) is 9.36 Å². The van der Waals surface area contributed by atoms with E-state index in [0.717, 1.165) is 23.9 Å². The number of H-pyrrole nitrogens is 1. The Bertz CT molecular complexity index is 1010. The first-order valence-corrected chi connectivity index (χ1v) is 9.08. The van der Waals surface area contributed by atoms with Gasteiger partial charge in [-0.1, -0.05) is 17.3 Å². The Balaban J connectivity index is 1.41. The first kappa shape index (κ1) is 17.5. The predicted molar refractivity (Wildman–Crippen MR) is 98.1 cm³/mol. The molecule has 3 aromatic rings. The second-order valence-electron chi connectivity index (χ2n) is 6.95. The van der Waals surface area contributed by atoms with Crippen LogP contribution in [0.2, 0.25) is 0 Å². The summed E-state index contributed by atoms with van der Waals surface area (Å²) in [5.41, 5.74) is 2.08. The van der Waals surface area contributed by atoms with E-state index in [0.29, 0.717) is 18.8 Å². The van der Waals surface area contributed by atoms with Crippen molar-refractivity contribution in [3.63, 3.8) is 0 Å². The molecule has 0 spiro atoms. The summed E-state index contributed by atoms with van der Waals surface area (Å²) >= 11 is 0. The summed E-state index contributed by atoms with van der Waals surface area (Å²) in [5, 5.41) is 17.2. The van der Waals surface area contributed by atoms with Crippen LogP contribution in [0.1, 0.15) is 37.6 Å². The minimum Gasteiger partial charge on any atom is -0.387 e. The van der Waals surface area contributed by atoms with Crippen LogP contribution in [0.25, 0.3) is 11.0 Å². The van der Waals surface area contributed by atoms with Crippen LogP contribution in [0.5, 0.6) is 0 Å². The number of hydrogen-bond donors (Lipinski definition) is 2. The number of rotatable bonds is 4. The maximum atomic E-state index is 12.5. The molecule has 1 atom stereocenters. The number of likely N-dealkylation sites (tertiary alicyclic amines) is 1. The maximum absolute atomic E-state index is 12.5. The van der Waals surface area contributed by atoms with Crippen molar-refractivity contribution in [2.75, 3.05) is 13.1 Å². The molecule has 1 saturated heterocycles. The second kappa shape index (κ2) is 6.99. The van der Waals surface area contributed by atoms with E-state index in [2.05, 4.69) is 15.3 Å². The predicted octanol–water partition coefficient (Wildman–Crippen LogP) is 0.838. The van der Waals surface area contributed by atoms with E-state index in [1.54, 1.807) is 18.0 Å². The summed E-state index contributed by atoms with van der Waals surface area (Å²) in [6.45, 7) is 2.88. The zero-order chi connectivity index (χ0) is 19.0. The Morgan fingerprint density at radius 2 is 2.07 bits per heavy atom. The largest absolute Gasteiger partial charge is 0.387 e. The third kappa shape index (κ3) is 3.37. The van der Waals surface area contributed by atoms with E-state index in [1.165, 1.54) is 4.68 Å². The molecule has 3 heterocycles. The Kier molecular flexibility index (Phi) is 4.53. The molecular formula is C18H22N6O3. The van der Waals surface area contributed by atoms with Gasteiger partial charge < -0.3 is 15.0 Å². The summed E-state index contributed by atoms with van der Waals surface area (Å²) in [5.74, 6) is -0.0400. The van der Waals surface area contributed by atoms with Gasteiger partial charge in [0.2, 0.25) is 5.91 Å². The van der Waals surface area contributed by atoms with Crippen LogP contribution in [0.4, 0.5) is 0 Å². The summed E-state index contributed by atoms with van der Waals surface area (Å²) in [6.07, 6.45) is 2.33. The van der Waals surface area contributed by atoms with Crippen molar-refractivity contribution in [1.29, 1.82) is 0 Å². The van der Waals surface area contributed by atoms with E-state index in [9.17, 15) is 14.7 Å². The van der Waals surface area contributed by atoms with Crippen molar-refractivity contribution in [2.24, 2.45) is 0 Å². The lowest BCUT2D eigenvalue weighted by Crippen LogP contribution is -2.42. The third-order valence-electron chi connectivity index (χ3n) is 5.09. The average Bonchev–Trinajstić information content (AvgIpc) is 3.25. The molecule has 0 radical (unpaired) electrons. The highest BCUT2D eigenvalue weighted by Crippen LogP contribution is 2.25. The molecule has 2 aromatic heterocycles. The first-order chi connectivity index (χ1) is 13.0. The molecule has 1 fully saturated rings. The number of piperidine rings is 1. The van der Waals surface area contributed by atoms with Crippen molar-refractivity contribution in [3.05, 3.63) is 46.6 Å². The SMILES string of the molecule is CC(O)c1cn(CC(=O)N2CCC(n3c(=O)[nH]c4ccccc43)CC2)nn1. The van der Waals surface area contributed by atoms with Crippen molar-refractivity contribution in [3.8, 4) is 0 Å². The maximum Gasteiger partial charge on any atom is 0.326 e. The molecule has 142 valence electrons. The highest BCUT2D eigenvalue weighted by Gasteiger charge is 2.26. The standard InChI is InChI=1S/C18H22N6O3/c1-12(25)15-10-23(21-20-15)11-17(26)22-8-6-13(7-9-22)24-16-5-3-2-4-14(16)19-18(24)27/h2-5,10,12-13,25H,6-9,11H2,1H3,(H,19,27). The van der Waals surface area contributed by atoms with Crippen LogP contribution in [0, 0.1) is 0 Å². The number of aromatic nitrogens is 5. The lowest BCUT2D eigenvalue weighted by atomic mass is 10.0. The van der Waals surface area contributed by atoms with Gasteiger partial charge in [0.05, 0.1) is 23.3 Å². The summed E-state index contributed by atoms with van der Waals surface area (Å²) in [7, 11) is 0. The van der Waals surface area contributed by atoms with Crippen molar-refractivity contribution in [2.45, 2.75) is 38.5 Å². The second-order valence-corrected chi connectivity index (χ2v) is 6.95. The van der Waals surface area contributed by atoms with Gasteiger partial charge in [0.15, 0.2) is 0 Å². The monoisotopic (exact) mass is 370 g/mol. The molecule has 1 amide bonds. The number of aliphatic hydroxyl groups is 1. The number of benzene rings is 1. The Labute approximate surface area is 155 Å². The topological polar surface area (TPSA) is 109 Å². The normalized spacial score (nSPS) is 16.7. The first-order valence-electron chi connectivity index (χ1n) is 9.08. The fourth-order valence-corrected chi connectivity index (χ4v) is 3.63. The highest BCUT2D eigenvalue weighted by molar-refractivity contribution is 5.76. The van der Waals surface area contributed by atoms with Crippen LogP contribution in [-0.4, -0.2) is 53.5 Å². The van der Waals surface area contributed by atoms with E-state index in [4.69, 9.17) is 0 Å². The number of carbonyl (C=O) groups is 1. The lowest BCUT2D eigenvalue weighted by molar-refractivity contribution is -0.133. The number of carbonyl (C=O) groups excluding carboxylic acids is 1. The minimum absolute atomic E-state index is 0.0400. The quantitative estimate of drug-likeness (QED) is 0.707. The summed E-state index contributed by atoms with van der Waals surface area (Å²) in [6, 6.07) is 7.73. The molecule has 1 aliphatic rings. The van der Waals surface area contributed by atoms with Crippen LogP contribution < -0.4 is 5.69 Å². The Morgan fingerprint density at radius 1 is 1.33 bits per heavy atom. The molecule has 0 bridgehead atoms. The molecule has 4 rings (SSSR count). The van der Waals surface area contributed by atoms with Crippen LogP contribution in [0.15, 0.2) is 35.3 Å². The lowest BCUT2D eigenvalue weighted by Gasteiger charge is -2.32. The van der Waals surface area contributed by atoms with Gasteiger partial charge >= 0.3 is 5.69 Å². The fourth-order valence-electron chi connectivity index (χ4n) is 3.63. The molecule has 1 unspecified atom stereocenters. The van der Waals surface area contributed by atoms with Gasteiger partial charge in [0, 0.05) is 19.1 Å². The third-order valence-corrected chi connectivity index (χ3v) is 5.09. The van der Waals surface area contributed by atoms with Gasteiger partial charge in [0.1, 0.15) is 12.2 Å². The number of imidazole rings is 1. The number of amides is 1. The molecular weight excluding hydrogens is 348 g/mol. The van der Waals surface area contributed by atoms with Crippen LogP contribution in [0.3, 0.4) is 0 Å². The van der Waals surface area contributed by atoms with Gasteiger partial charge in [-0.2, -0.15) is 0 Å². The van der Waals surface area contributed by atoms with Crippen LogP contribution in [-0.2, 0) is 11.3 Å². The molecule has 9 heteroatoms. The number of aliphatic hydroxyl groups excluding tert-OH is 1. The number of para-hydroxylation sites is 2. The number of nitrogens with one attached hydrogen (secondary N) is 1. The smallest absolute Gasteiger partial charge is 0.326 e. The Hall–Kier alpha value is -2.94. The summed E-state index contributed by atoms with van der Waals surface area (Å²) in [4.78, 5) is 29.5. The average molecular weight is 370 g/mol. The zero-order valence-electron chi connectivity index (χ0n) is 15.1. The fraction of sp³-hybridized carbons (Fsp3) is 0.444. The van der Waals surface area contributed by atoms with Crippen molar-refractivity contribution < 1.29 is 9.90 Å². The molecule has 2 N–H and O–H groups in total. The van der Waals surface area contributed by atoms with E-state index in [-0.39, 0.29) is 24.2 Å². The number of hydrogen-bond acceptors (Lipinski definition) is 5. The minimum atomic E-state index is -0.709. The summed E-state index contributed by atoms with van der Waals surface area (Å²) < 4.78 is 3.25.